The Morgan fingerprint density at radius 2 is 1.95 bits per heavy atom. The highest BCUT2D eigenvalue weighted by molar-refractivity contribution is 5.82. The number of carbonyl (C=O) groups excluding carboxylic acids is 1. The lowest BCUT2D eigenvalue weighted by atomic mass is 9.99. The lowest BCUT2D eigenvalue weighted by molar-refractivity contribution is -0.257. The molecular formula is C16H17O4-. The Morgan fingerprint density at radius 1 is 1.25 bits per heavy atom. The molecule has 0 aliphatic rings. The van der Waals surface area contributed by atoms with Crippen molar-refractivity contribution in [2.24, 2.45) is 0 Å². The van der Waals surface area contributed by atoms with Gasteiger partial charge in [-0.05, 0) is 42.2 Å². The number of ether oxygens (including phenoxy) is 1. The zero-order valence-corrected chi connectivity index (χ0v) is 11.6. The van der Waals surface area contributed by atoms with Crippen molar-refractivity contribution in [1.29, 1.82) is 0 Å². The van der Waals surface area contributed by atoms with Gasteiger partial charge in [-0.2, -0.15) is 0 Å². The Balaban J connectivity index is 1.94. The highest BCUT2D eigenvalue weighted by atomic mass is 16.5. The summed E-state index contributed by atoms with van der Waals surface area (Å²) < 4.78 is 10.6. The maximum atomic E-state index is 10.6. The third kappa shape index (κ3) is 3.41. The molecule has 4 heteroatoms. The molecule has 0 radical (unpaired) electrons. The van der Waals surface area contributed by atoms with E-state index in [-0.39, 0.29) is 12.4 Å². The Kier molecular flexibility index (Phi) is 4.45. The van der Waals surface area contributed by atoms with E-state index < -0.39 is 5.97 Å². The molecule has 0 amide bonds. The Morgan fingerprint density at radius 3 is 2.50 bits per heavy atom. The predicted molar refractivity (Wildman–Crippen MR) is 72.5 cm³/mol. The average molecular weight is 273 g/mol. The van der Waals surface area contributed by atoms with Gasteiger partial charge in [-0.15, -0.1) is 0 Å². The van der Waals surface area contributed by atoms with Gasteiger partial charge in [-0.1, -0.05) is 26.0 Å². The summed E-state index contributed by atoms with van der Waals surface area (Å²) in [4.78, 5) is 10.6. The van der Waals surface area contributed by atoms with Crippen LogP contribution in [0.3, 0.4) is 0 Å². The van der Waals surface area contributed by atoms with Gasteiger partial charge in [0.1, 0.15) is 29.8 Å². The van der Waals surface area contributed by atoms with Crippen molar-refractivity contribution in [2.45, 2.75) is 32.8 Å². The molecule has 0 aliphatic carbocycles. The standard InChI is InChI=1S/C16H18O4/c1-3-11(2)12-4-6-13(7-5-12)19-10-14-8-9-15(20-14)16(17)18/h4-9,11H,3,10H2,1-2H3,(H,17,18)/p-1. The third-order valence-corrected chi connectivity index (χ3v) is 3.31. The summed E-state index contributed by atoms with van der Waals surface area (Å²) in [6, 6.07) is 10.8. The summed E-state index contributed by atoms with van der Waals surface area (Å²) in [5.41, 5.74) is 1.28. The van der Waals surface area contributed by atoms with E-state index in [1.165, 1.54) is 11.6 Å². The third-order valence-electron chi connectivity index (χ3n) is 3.31. The van der Waals surface area contributed by atoms with Gasteiger partial charge in [0.05, 0.1) is 0 Å². The molecule has 0 N–H and O–H groups in total. The molecule has 0 spiro atoms. The summed E-state index contributed by atoms with van der Waals surface area (Å²) in [6.45, 7) is 4.52. The Hall–Kier alpha value is -2.23. The first-order valence-corrected chi connectivity index (χ1v) is 6.63. The number of carboxylic acids is 1. The highest BCUT2D eigenvalue weighted by Gasteiger charge is 2.05. The first kappa shape index (κ1) is 14.2. The molecule has 2 aromatic rings. The highest BCUT2D eigenvalue weighted by Crippen LogP contribution is 2.22. The van der Waals surface area contributed by atoms with Crippen LogP contribution in [0.25, 0.3) is 0 Å². The minimum absolute atomic E-state index is 0.185. The van der Waals surface area contributed by atoms with Crippen LogP contribution in [0.1, 0.15) is 48.1 Å². The van der Waals surface area contributed by atoms with E-state index in [0.29, 0.717) is 11.7 Å². The van der Waals surface area contributed by atoms with Crippen molar-refractivity contribution < 1.29 is 19.1 Å². The summed E-state index contributed by atoms with van der Waals surface area (Å²) in [5, 5.41) is 10.6. The Bertz CT molecular complexity index is 568. The van der Waals surface area contributed by atoms with Crippen molar-refractivity contribution >= 4 is 5.97 Å². The zero-order valence-electron chi connectivity index (χ0n) is 11.6. The molecule has 0 fully saturated rings. The van der Waals surface area contributed by atoms with Crippen LogP contribution in [0.5, 0.6) is 5.75 Å². The molecule has 1 aromatic heterocycles. The monoisotopic (exact) mass is 273 g/mol. The van der Waals surface area contributed by atoms with Gasteiger partial charge in [-0.3, -0.25) is 0 Å². The van der Waals surface area contributed by atoms with Crippen molar-refractivity contribution in [1.82, 2.24) is 0 Å². The van der Waals surface area contributed by atoms with Crippen LogP contribution < -0.4 is 9.84 Å². The van der Waals surface area contributed by atoms with Crippen molar-refractivity contribution in [3.05, 3.63) is 53.5 Å². The van der Waals surface area contributed by atoms with Gasteiger partial charge in [0.25, 0.3) is 0 Å². The number of furan rings is 1. The molecule has 1 atom stereocenters. The van der Waals surface area contributed by atoms with E-state index in [1.807, 2.05) is 24.3 Å². The molecule has 1 unspecified atom stereocenters. The summed E-state index contributed by atoms with van der Waals surface area (Å²) >= 11 is 0. The smallest absolute Gasteiger partial charge is 0.149 e. The number of carboxylic acid groups (broad SMARTS) is 1. The average Bonchev–Trinajstić information content (AvgIpc) is 2.94. The SMILES string of the molecule is CCC(C)c1ccc(OCc2ccc(C(=O)[O-])o2)cc1. The van der Waals surface area contributed by atoms with Gasteiger partial charge in [0.2, 0.25) is 0 Å². The normalized spacial score (nSPS) is 12.1. The number of rotatable bonds is 6. The van der Waals surface area contributed by atoms with E-state index in [0.717, 1.165) is 12.2 Å². The minimum Gasteiger partial charge on any atom is -0.542 e. The first-order valence-electron chi connectivity index (χ1n) is 6.63. The lowest BCUT2D eigenvalue weighted by Crippen LogP contribution is -2.21. The topological polar surface area (TPSA) is 62.5 Å². The molecule has 1 heterocycles. The summed E-state index contributed by atoms with van der Waals surface area (Å²) in [5.74, 6) is 0.197. The second-order valence-corrected chi connectivity index (χ2v) is 4.72. The Labute approximate surface area is 118 Å². The van der Waals surface area contributed by atoms with Gasteiger partial charge >= 0.3 is 0 Å². The van der Waals surface area contributed by atoms with Crippen molar-refractivity contribution in [3.63, 3.8) is 0 Å². The van der Waals surface area contributed by atoms with Crippen LogP contribution in [-0.2, 0) is 6.61 Å². The van der Waals surface area contributed by atoms with Crippen LogP contribution >= 0.6 is 0 Å². The van der Waals surface area contributed by atoms with Crippen LogP contribution in [0.15, 0.2) is 40.8 Å². The van der Waals surface area contributed by atoms with Gasteiger partial charge in [-0.25, -0.2) is 0 Å². The van der Waals surface area contributed by atoms with Gasteiger partial charge in [0.15, 0.2) is 0 Å². The quantitative estimate of drug-likeness (QED) is 0.811. The van der Waals surface area contributed by atoms with Crippen LogP contribution in [-0.4, -0.2) is 5.97 Å². The van der Waals surface area contributed by atoms with E-state index in [2.05, 4.69) is 13.8 Å². The zero-order chi connectivity index (χ0) is 14.5. The number of aromatic carboxylic acids is 1. The molecular weight excluding hydrogens is 256 g/mol. The van der Waals surface area contributed by atoms with E-state index in [1.54, 1.807) is 6.07 Å². The maximum absolute atomic E-state index is 10.6. The lowest BCUT2D eigenvalue weighted by Gasteiger charge is -2.10. The molecule has 0 aliphatic heterocycles. The predicted octanol–water partition coefficient (Wildman–Crippen LogP) is 2.74. The fraction of sp³-hybridized carbons (Fsp3) is 0.312. The van der Waals surface area contributed by atoms with Crippen LogP contribution in [0, 0.1) is 0 Å². The van der Waals surface area contributed by atoms with Crippen molar-refractivity contribution in [3.8, 4) is 5.75 Å². The molecule has 0 saturated carbocycles. The number of hydrogen-bond donors (Lipinski definition) is 0. The second kappa shape index (κ2) is 6.28. The van der Waals surface area contributed by atoms with E-state index >= 15 is 0 Å². The number of hydrogen-bond acceptors (Lipinski definition) is 4. The molecule has 0 bridgehead atoms. The fourth-order valence-corrected chi connectivity index (χ4v) is 1.85. The number of benzene rings is 1. The summed E-state index contributed by atoms with van der Waals surface area (Å²) in [6.07, 6.45) is 1.10. The molecule has 4 nitrogen and oxygen atoms in total. The number of carbonyl (C=O) groups is 1. The van der Waals surface area contributed by atoms with Gasteiger partial charge < -0.3 is 19.1 Å². The fourth-order valence-electron chi connectivity index (χ4n) is 1.85. The second-order valence-electron chi connectivity index (χ2n) is 4.72. The van der Waals surface area contributed by atoms with Crippen LogP contribution in [0.2, 0.25) is 0 Å². The molecule has 20 heavy (non-hydrogen) atoms. The van der Waals surface area contributed by atoms with E-state index in [4.69, 9.17) is 9.15 Å². The molecule has 106 valence electrons. The molecule has 2 rings (SSSR count). The largest absolute Gasteiger partial charge is 0.542 e. The van der Waals surface area contributed by atoms with Crippen LogP contribution in [0.4, 0.5) is 0 Å². The van der Waals surface area contributed by atoms with E-state index in [9.17, 15) is 9.90 Å². The van der Waals surface area contributed by atoms with Gasteiger partial charge in [0, 0.05) is 0 Å². The molecule has 0 saturated heterocycles. The molecule has 1 aromatic carbocycles. The van der Waals surface area contributed by atoms with Crippen molar-refractivity contribution in [2.75, 3.05) is 0 Å². The maximum Gasteiger partial charge on any atom is 0.149 e. The minimum atomic E-state index is -1.32. The summed E-state index contributed by atoms with van der Waals surface area (Å²) in [7, 11) is 0. The first-order chi connectivity index (χ1) is 9.60.